The highest BCUT2D eigenvalue weighted by Crippen LogP contribution is 2.62. The predicted molar refractivity (Wildman–Crippen MR) is 158 cm³/mol. The van der Waals surface area contributed by atoms with Crippen molar-refractivity contribution in [2.45, 2.75) is 48.0 Å². The van der Waals surface area contributed by atoms with Gasteiger partial charge in [0, 0.05) is 0 Å². The quantitative estimate of drug-likeness (QED) is 0.270. The lowest BCUT2D eigenvalue weighted by atomic mass is 9.86. The summed E-state index contributed by atoms with van der Waals surface area (Å²) in [5.41, 5.74) is 25.4. The lowest BCUT2D eigenvalue weighted by Gasteiger charge is -2.17. The van der Waals surface area contributed by atoms with Gasteiger partial charge in [0.1, 0.15) is 0 Å². The van der Waals surface area contributed by atoms with E-state index in [1.807, 2.05) is 0 Å². The second kappa shape index (κ2) is 7.80. The summed E-state index contributed by atoms with van der Waals surface area (Å²) in [6.07, 6.45) is 0.984. The molecule has 0 saturated heterocycles. The van der Waals surface area contributed by atoms with Crippen molar-refractivity contribution in [3.05, 3.63) is 151 Å². The van der Waals surface area contributed by atoms with Crippen molar-refractivity contribution in [1.29, 1.82) is 0 Å². The first-order valence-electron chi connectivity index (χ1n) is 13.4. The topological polar surface area (TPSA) is 0 Å². The molecule has 0 spiro atoms. The number of allylic oxidation sites excluding steroid dienone is 4. The molecule has 0 saturated carbocycles. The summed E-state index contributed by atoms with van der Waals surface area (Å²) in [6.45, 7) is 13.5. The van der Waals surface area contributed by atoms with Gasteiger partial charge in [0.15, 0.2) is 0 Å². The van der Waals surface area contributed by atoms with Crippen LogP contribution in [0.1, 0.15) is 73.2 Å². The zero-order chi connectivity index (χ0) is 25.6. The summed E-state index contributed by atoms with van der Waals surface area (Å²) in [7, 11) is 0. The van der Waals surface area contributed by atoms with Crippen LogP contribution in [0.4, 0.5) is 0 Å². The predicted octanol–water partition coefficient (Wildman–Crippen LogP) is 9.48. The molecule has 37 heavy (non-hydrogen) atoms. The van der Waals surface area contributed by atoms with Crippen molar-refractivity contribution in [1.82, 2.24) is 0 Å². The van der Waals surface area contributed by atoms with Crippen LogP contribution in [-0.4, -0.2) is 0 Å². The van der Waals surface area contributed by atoms with Crippen molar-refractivity contribution >= 4 is 22.3 Å². The minimum Gasteiger partial charge on any atom is -0.0616 e. The van der Waals surface area contributed by atoms with Gasteiger partial charge in [-0.3, -0.25) is 0 Å². The highest BCUT2D eigenvalue weighted by molar-refractivity contribution is 6.24. The Kier molecular flexibility index (Phi) is 4.70. The van der Waals surface area contributed by atoms with E-state index in [4.69, 9.17) is 0 Å². The Balaban J connectivity index is 1.61. The zero-order valence-corrected chi connectivity index (χ0v) is 22.6. The Hall–Kier alpha value is -3.90. The Bertz CT molecular complexity index is 1600. The van der Waals surface area contributed by atoms with E-state index in [-0.39, 0.29) is 0 Å². The highest BCUT2D eigenvalue weighted by Gasteiger charge is 2.41. The molecule has 0 heteroatoms. The van der Waals surface area contributed by atoms with E-state index in [2.05, 4.69) is 114 Å². The fraction of sp³-hybridized carbons (Fsp3) is 0.189. The molecule has 0 aromatic heterocycles. The minimum absolute atomic E-state index is 0.984. The maximum atomic E-state index is 2.35. The summed E-state index contributed by atoms with van der Waals surface area (Å²) in [6, 6.07) is 27.6. The Morgan fingerprint density at radius 2 is 0.703 bits per heavy atom. The van der Waals surface area contributed by atoms with Crippen molar-refractivity contribution in [2.24, 2.45) is 0 Å². The van der Waals surface area contributed by atoms with Crippen molar-refractivity contribution in [2.75, 3.05) is 0 Å². The lowest BCUT2D eigenvalue weighted by molar-refractivity contribution is 1.25. The molecule has 0 bridgehead atoms. The van der Waals surface area contributed by atoms with E-state index in [1.165, 1.54) is 100 Å². The molecule has 7 rings (SSSR count). The van der Waals surface area contributed by atoms with Crippen LogP contribution in [0.15, 0.2) is 83.9 Å². The standard InChI is InChI=1S/C37H32/c1-20-15-22(3)32(23(4)16-20)34-26-11-7-9-13-28(26)36-30(34)19-31-35(27-12-8-10-14-29(27)37(31)36)33-24(5)17-21(2)18-25(33)6/h7-18H,19H2,1-6H3. The summed E-state index contributed by atoms with van der Waals surface area (Å²) in [5, 5.41) is 0. The van der Waals surface area contributed by atoms with Crippen molar-refractivity contribution < 1.29 is 0 Å². The molecule has 0 nitrogen and oxygen atoms in total. The minimum atomic E-state index is 0.984. The second-order valence-electron chi connectivity index (χ2n) is 11.3. The molecular formula is C37H32. The van der Waals surface area contributed by atoms with E-state index in [9.17, 15) is 0 Å². The van der Waals surface area contributed by atoms with Crippen LogP contribution >= 0.6 is 0 Å². The molecule has 0 fully saturated rings. The molecule has 3 aliphatic rings. The second-order valence-corrected chi connectivity index (χ2v) is 11.3. The summed E-state index contributed by atoms with van der Waals surface area (Å²) in [4.78, 5) is 0. The Morgan fingerprint density at radius 1 is 0.405 bits per heavy atom. The summed E-state index contributed by atoms with van der Waals surface area (Å²) in [5.74, 6) is 0. The SMILES string of the molecule is Cc1cc(C)c(C2=C3CC4=C(c5c(C)cc(C)cc5C)c5ccccc5C4=C3c3ccccc32)c(C)c1. The first-order chi connectivity index (χ1) is 17.8. The van der Waals surface area contributed by atoms with E-state index in [0.717, 1.165) is 6.42 Å². The fourth-order valence-corrected chi connectivity index (χ4v) is 7.56. The third kappa shape index (κ3) is 3.02. The molecule has 4 aromatic rings. The molecule has 4 aromatic carbocycles. The van der Waals surface area contributed by atoms with Crippen LogP contribution in [0.3, 0.4) is 0 Å². The van der Waals surface area contributed by atoms with Crippen LogP contribution in [0.5, 0.6) is 0 Å². The van der Waals surface area contributed by atoms with E-state index in [1.54, 1.807) is 0 Å². The fourth-order valence-electron chi connectivity index (χ4n) is 7.56. The number of benzene rings is 4. The molecule has 0 atom stereocenters. The van der Waals surface area contributed by atoms with Crippen molar-refractivity contribution in [3.63, 3.8) is 0 Å². The highest BCUT2D eigenvalue weighted by atomic mass is 14.4. The molecule has 0 amide bonds. The van der Waals surface area contributed by atoms with Gasteiger partial charge in [-0.25, -0.2) is 0 Å². The van der Waals surface area contributed by atoms with Gasteiger partial charge in [-0.05, 0) is 137 Å². The van der Waals surface area contributed by atoms with Gasteiger partial charge in [-0.15, -0.1) is 0 Å². The van der Waals surface area contributed by atoms with Crippen LogP contribution in [0.2, 0.25) is 0 Å². The molecule has 0 heterocycles. The van der Waals surface area contributed by atoms with E-state index < -0.39 is 0 Å². The molecule has 3 aliphatic carbocycles. The maximum absolute atomic E-state index is 2.35. The third-order valence-corrected chi connectivity index (χ3v) is 8.60. The number of fused-ring (bicyclic) bond motifs is 6. The molecule has 180 valence electrons. The maximum Gasteiger partial charge on any atom is -0.0000206 e. The Morgan fingerprint density at radius 3 is 1.03 bits per heavy atom. The summed E-state index contributed by atoms with van der Waals surface area (Å²) < 4.78 is 0. The molecular weight excluding hydrogens is 444 g/mol. The number of hydrogen-bond acceptors (Lipinski definition) is 0. The molecule has 0 aliphatic heterocycles. The van der Waals surface area contributed by atoms with E-state index in [0.29, 0.717) is 0 Å². The van der Waals surface area contributed by atoms with Gasteiger partial charge < -0.3 is 0 Å². The number of hydrogen-bond donors (Lipinski definition) is 0. The number of aryl methyl sites for hydroxylation is 6. The van der Waals surface area contributed by atoms with Gasteiger partial charge in [0.25, 0.3) is 0 Å². The molecule has 0 N–H and O–H groups in total. The zero-order valence-electron chi connectivity index (χ0n) is 22.6. The smallest absolute Gasteiger partial charge is 0.0000206 e. The van der Waals surface area contributed by atoms with Gasteiger partial charge >= 0.3 is 0 Å². The molecule has 0 radical (unpaired) electrons. The summed E-state index contributed by atoms with van der Waals surface area (Å²) >= 11 is 0. The average Bonchev–Trinajstić information content (AvgIpc) is 3.46. The van der Waals surface area contributed by atoms with Crippen LogP contribution in [-0.2, 0) is 0 Å². The van der Waals surface area contributed by atoms with E-state index >= 15 is 0 Å². The van der Waals surface area contributed by atoms with Gasteiger partial charge in [0.05, 0.1) is 0 Å². The first-order valence-corrected chi connectivity index (χ1v) is 13.4. The Labute approximate surface area is 220 Å². The van der Waals surface area contributed by atoms with Gasteiger partial charge in [-0.1, -0.05) is 83.9 Å². The number of rotatable bonds is 2. The van der Waals surface area contributed by atoms with Crippen LogP contribution < -0.4 is 0 Å². The van der Waals surface area contributed by atoms with Crippen LogP contribution in [0.25, 0.3) is 22.3 Å². The molecule has 0 unspecified atom stereocenters. The van der Waals surface area contributed by atoms with Gasteiger partial charge in [-0.2, -0.15) is 0 Å². The normalized spacial score (nSPS) is 15.4. The monoisotopic (exact) mass is 476 g/mol. The van der Waals surface area contributed by atoms with Gasteiger partial charge in [0.2, 0.25) is 0 Å². The average molecular weight is 477 g/mol. The lowest BCUT2D eigenvalue weighted by Crippen LogP contribution is -1.99. The van der Waals surface area contributed by atoms with Crippen molar-refractivity contribution in [3.8, 4) is 0 Å². The largest absolute Gasteiger partial charge is 0.0616 e. The third-order valence-electron chi connectivity index (χ3n) is 8.60. The first kappa shape index (κ1) is 22.3. The van der Waals surface area contributed by atoms with Crippen LogP contribution in [0, 0.1) is 41.5 Å².